The first-order chi connectivity index (χ1) is 11.8. The summed E-state index contributed by atoms with van der Waals surface area (Å²) in [5.74, 6) is 0.971. The molecular weight excluding hydrogens is 386 g/mol. The number of rotatable bonds is 8. The zero-order valence-corrected chi connectivity index (χ0v) is 15.5. The van der Waals surface area contributed by atoms with Gasteiger partial charge in [-0.05, 0) is 53.2 Å². The van der Waals surface area contributed by atoms with Crippen LogP contribution in [0.5, 0.6) is 0 Å². The molecule has 0 atom stereocenters. The van der Waals surface area contributed by atoms with Crippen molar-refractivity contribution >= 4 is 27.7 Å². The molecule has 3 aromatic rings. The van der Waals surface area contributed by atoms with Gasteiger partial charge in [0.25, 0.3) is 0 Å². The first kappa shape index (κ1) is 17.1. The molecule has 5 nitrogen and oxygen atoms in total. The molecule has 0 aliphatic heterocycles. The van der Waals surface area contributed by atoms with Crippen LogP contribution < -0.4 is 5.32 Å². The van der Waals surface area contributed by atoms with E-state index in [1.54, 1.807) is 16.4 Å². The maximum Gasteiger partial charge on any atom is 0.214 e. The summed E-state index contributed by atoms with van der Waals surface area (Å²) in [6.07, 6.45) is 1.06. The van der Waals surface area contributed by atoms with Crippen LogP contribution in [0.2, 0.25) is 0 Å². The van der Waals surface area contributed by atoms with Gasteiger partial charge in [0.1, 0.15) is 0 Å². The van der Waals surface area contributed by atoms with E-state index in [4.69, 9.17) is 0 Å². The minimum absolute atomic E-state index is 0.827. The summed E-state index contributed by atoms with van der Waals surface area (Å²) in [7, 11) is 0. The van der Waals surface area contributed by atoms with E-state index in [-0.39, 0.29) is 0 Å². The highest BCUT2D eigenvalue weighted by Gasteiger charge is 2.07. The van der Waals surface area contributed by atoms with Crippen LogP contribution in [0.4, 0.5) is 0 Å². The summed E-state index contributed by atoms with van der Waals surface area (Å²) in [5, 5.41) is 16.2. The van der Waals surface area contributed by atoms with Crippen molar-refractivity contribution in [3.8, 4) is 5.69 Å². The summed E-state index contributed by atoms with van der Waals surface area (Å²) in [6, 6.07) is 18.3. The molecule has 7 heteroatoms. The van der Waals surface area contributed by atoms with Gasteiger partial charge in [0.2, 0.25) is 5.16 Å². The Morgan fingerprint density at radius 3 is 2.79 bits per heavy atom. The quantitative estimate of drug-likeness (QED) is 0.458. The molecule has 0 fully saturated rings. The number of aromatic nitrogens is 4. The second-order valence-corrected chi connectivity index (χ2v) is 7.20. The summed E-state index contributed by atoms with van der Waals surface area (Å²) in [6.45, 7) is 1.85. The van der Waals surface area contributed by atoms with Crippen LogP contribution in [0.15, 0.2) is 64.2 Å². The van der Waals surface area contributed by atoms with Gasteiger partial charge in [-0.15, -0.1) is 5.10 Å². The van der Waals surface area contributed by atoms with Gasteiger partial charge in [0, 0.05) is 16.8 Å². The Bertz CT molecular complexity index is 762. The average Bonchev–Trinajstić information content (AvgIpc) is 3.07. The van der Waals surface area contributed by atoms with Gasteiger partial charge in [0.05, 0.1) is 5.69 Å². The Hall–Kier alpha value is -1.70. The first-order valence-electron chi connectivity index (χ1n) is 7.75. The number of hydrogen-bond donors (Lipinski definition) is 1. The maximum atomic E-state index is 4.11. The lowest BCUT2D eigenvalue weighted by Gasteiger charge is -2.06. The molecule has 124 valence electrons. The van der Waals surface area contributed by atoms with Gasteiger partial charge in [-0.2, -0.15) is 4.68 Å². The van der Waals surface area contributed by atoms with Gasteiger partial charge in [-0.25, -0.2) is 0 Å². The fraction of sp³-hybridized carbons (Fsp3) is 0.235. The molecule has 0 saturated carbocycles. The van der Waals surface area contributed by atoms with Gasteiger partial charge in [0.15, 0.2) is 0 Å². The van der Waals surface area contributed by atoms with Crippen molar-refractivity contribution in [2.75, 3.05) is 12.3 Å². The smallest absolute Gasteiger partial charge is 0.214 e. The molecule has 0 aliphatic carbocycles. The summed E-state index contributed by atoms with van der Waals surface area (Å²) < 4.78 is 2.89. The van der Waals surface area contributed by atoms with E-state index >= 15 is 0 Å². The zero-order valence-electron chi connectivity index (χ0n) is 13.1. The molecular formula is C17H18BrN5S. The van der Waals surface area contributed by atoms with Gasteiger partial charge in [-0.3, -0.25) is 0 Å². The minimum atomic E-state index is 0.827. The van der Waals surface area contributed by atoms with Crippen molar-refractivity contribution in [3.63, 3.8) is 0 Å². The molecule has 0 unspecified atom stereocenters. The van der Waals surface area contributed by atoms with Crippen LogP contribution in [0.25, 0.3) is 5.69 Å². The van der Waals surface area contributed by atoms with Crippen LogP contribution in [0.3, 0.4) is 0 Å². The lowest BCUT2D eigenvalue weighted by Crippen LogP contribution is -2.15. The Kier molecular flexibility index (Phi) is 6.40. The highest BCUT2D eigenvalue weighted by molar-refractivity contribution is 9.10. The average molecular weight is 404 g/mol. The normalized spacial score (nSPS) is 10.9. The second kappa shape index (κ2) is 8.96. The van der Waals surface area contributed by atoms with Crippen molar-refractivity contribution in [1.29, 1.82) is 0 Å². The van der Waals surface area contributed by atoms with E-state index in [1.807, 2.05) is 36.4 Å². The highest BCUT2D eigenvalue weighted by Crippen LogP contribution is 2.18. The number of para-hydroxylation sites is 1. The third-order valence-corrected chi connectivity index (χ3v) is 4.89. The number of thioether (sulfide) groups is 1. The number of nitrogens with one attached hydrogen (secondary N) is 1. The summed E-state index contributed by atoms with van der Waals surface area (Å²) >= 11 is 5.17. The SMILES string of the molecule is Brc1cccc(CNCCCSc2nnnn2-c2ccccc2)c1. The fourth-order valence-corrected chi connectivity index (χ4v) is 3.52. The van der Waals surface area contributed by atoms with E-state index in [0.29, 0.717) is 0 Å². The molecule has 0 spiro atoms. The van der Waals surface area contributed by atoms with Crippen LogP contribution in [0.1, 0.15) is 12.0 Å². The van der Waals surface area contributed by atoms with E-state index in [1.165, 1.54) is 5.56 Å². The maximum absolute atomic E-state index is 4.11. The van der Waals surface area contributed by atoms with E-state index in [2.05, 4.69) is 55.0 Å². The van der Waals surface area contributed by atoms with E-state index < -0.39 is 0 Å². The molecule has 0 saturated heterocycles. The standard InChI is InChI=1S/C17H18BrN5S/c18-15-7-4-6-14(12-15)13-19-10-5-11-24-17-20-21-22-23(17)16-8-2-1-3-9-16/h1-4,6-9,12,19H,5,10-11,13H2. The molecule has 1 aromatic heterocycles. The first-order valence-corrected chi connectivity index (χ1v) is 9.52. The van der Waals surface area contributed by atoms with Crippen molar-refractivity contribution in [2.24, 2.45) is 0 Å². The van der Waals surface area contributed by atoms with Crippen molar-refractivity contribution < 1.29 is 0 Å². The highest BCUT2D eigenvalue weighted by atomic mass is 79.9. The number of tetrazole rings is 1. The second-order valence-electron chi connectivity index (χ2n) is 5.22. The Morgan fingerprint density at radius 1 is 1.08 bits per heavy atom. The molecule has 1 N–H and O–H groups in total. The van der Waals surface area contributed by atoms with Crippen LogP contribution in [-0.4, -0.2) is 32.5 Å². The van der Waals surface area contributed by atoms with Crippen LogP contribution in [-0.2, 0) is 6.54 Å². The molecule has 0 amide bonds. The lowest BCUT2D eigenvalue weighted by atomic mass is 10.2. The molecule has 0 bridgehead atoms. The molecule has 3 rings (SSSR count). The molecule has 2 aromatic carbocycles. The summed E-state index contributed by atoms with van der Waals surface area (Å²) in [5.41, 5.74) is 2.27. The third-order valence-electron chi connectivity index (χ3n) is 3.39. The van der Waals surface area contributed by atoms with Crippen molar-refractivity contribution in [1.82, 2.24) is 25.5 Å². The van der Waals surface area contributed by atoms with Crippen molar-refractivity contribution in [3.05, 3.63) is 64.6 Å². The zero-order chi connectivity index (χ0) is 16.6. The van der Waals surface area contributed by atoms with E-state index in [0.717, 1.165) is 40.6 Å². The predicted octanol–water partition coefficient (Wildman–Crippen LogP) is 3.70. The Morgan fingerprint density at radius 2 is 1.96 bits per heavy atom. The Balaban J connectivity index is 1.41. The number of halogens is 1. The number of nitrogens with zero attached hydrogens (tertiary/aromatic N) is 4. The molecule has 0 radical (unpaired) electrons. The van der Waals surface area contributed by atoms with Crippen LogP contribution in [0, 0.1) is 0 Å². The minimum Gasteiger partial charge on any atom is -0.313 e. The van der Waals surface area contributed by atoms with E-state index in [9.17, 15) is 0 Å². The number of benzene rings is 2. The Labute approximate surface area is 154 Å². The molecule has 0 aliphatic rings. The summed E-state index contributed by atoms with van der Waals surface area (Å²) in [4.78, 5) is 0. The lowest BCUT2D eigenvalue weighted by molar-refractivity contribution is 0.677. The van der Waals surface area contributed by atoms with Crippen LogP contribution >= 0.6 is 27.7 Å². The number of hydrogen-bond acceptors (Lipinski definition) is 5. The van der Waals surface area contributed by atoms with Gasteiger partial charge in [-0.1, -0.05) is 58.0 Å². The third kappa shape index (κ3) is 4.90. The largest absolute Gasteiger partial charge is 0.313 e. The van der Waals surface area contributed by atoms with Crippen molar-refractivity contribution in [2.45, 2.75) is 18.1 Å². The molecule has 24 heavy (non-hydrogen) atoms. The fourth-order valence-electron chi connectivity index (χ4n) is 2.24. The topological polar surface area (TPSA) is 55.6 Å². The molecule has 1 heterocycles. The predicted molar refractivity (Wildman–Crippen MR) is 100 cm³/mol. The van der Waals surface area contributed by atoms with Gasteiger partial charge >= 0.3 is 0 Å². The monoisotopic (exact) mass is 403 g/mol. The van der Waals surface area contributed by atoms with Gasteiger partial charge < -0.3 is 5.32 Å².